The Morgan fingerprint density at radius 3 is 2.37 bits per heavy atom. The van der Waals surface area contributed by atoms with Crippen molar-refractivity contribution in [2.75, 3.05) is 5.32 Å². The Balaban J connectivity index is 2.23. The van der Waals surface area contributed by atoms with Crippen molar-refractivity contribution in [1.82, 2.24) is 9.78 Å². The fourth-order valence-electron chi connectivity index (χ4n) is 1.45. The van der Waals surface area contributed by atoms with Gasteiger partial charge in [0, 0.05) is 11.9 Å². The van der Waals surface area contributed by atoms with Crippen LogP contribution in [-0.2, 0) is 6.18 Å². The van der Waals surface area contributed by atoms with Gasteiger partial charge in [-0.1, -0.05) is 0 Å². The zero-order chi connectivity index (χ0) is 14.0. The van der Waals surface area contributed by atoms with E-state index >= 15 is 0 Å². The summed E-state index contributed by atoms with van der Waals surface area (Å²) < 4.78 is 38.4. The molecule has 100 valence electrons. The molecule has 0 radical (unpaired) electrons. The van der Waals surface area contributed by atoms with Gasteiger partial charge in [-0.05, 0) is 36.5 Å². The van der Waals surface area contributed by atoms with Crippen LogP contribution in [-0.4, -0.2) is 14.9 Å². The summed E-state index contributed by atoms with van der Waals surface area (Å²) in [7, 11) is 0. The Hall–Kier alpha value is -2.09. The highest BCUT2D eigenvalue weighted by atomic mass is 32.1. The van der Waals surface area contributed by atoms with Gasteiger partial charge in [0.15, 0.2) is 5.11 Å². The van der Waals surface area contributed by atoms with Crippen LogP contribution in [0.3, 0.4) is 0 Å². The lowest BCUT2D eigenvalue weighted by molar-refractivity contribution is -0.137. The second kappa shape index (κ2) is 4.88. The first-order valence-electron chi connectivity index (χ1n) is 5.15. The quantitative estimate of drug-likeness (QED) is 0.833. The molecule has 19 heavy (non-hydrogen) atoms. The Morgan fingerprint density at radius 1 is 1.26 bits per heavy atom. The molecule has 1 aromatic carbocycles. The van der Waals surface area contributed by atoms with Gasteiger partial charge in [0.05, 0.1) is 17.4 Å². The summed E-state index contributed by atoms with van der Waals surface area (Å²) in [5, 5.41) is 6.50. The van der Waals surface area contributed by atoms with E-state index in [1.54, 1.807) is 24.3 Å². The van der Waals surface area contributed by atoms with Crippen LogP contribution in [0.25, 0.3) is 5.69 Å². The number of rotatable bonds is 2. The number of alkyl halides is 3. The molecule has 4 nitrogen and oxygen atoms in total. The van der Waals surface area contributed by atoms with E-state index in [2.05, 4.69) is 22.6 Å². The number of nitrogens with two attached hydrogens (primary N) is 1. The summed E-state index contributed by atoms with van der Waals surface area (Å²) in [4.78, 5) is 0. The molecule has 0 aliphatic carbocycles. The minimum absolute atomic E-state index is 0.117. The summed E-state index contributed by atoms with van der Waals surface area (Å²) in [6.45, 7) is 0. The lowest BCUT2D eigenvalue weighted by Crippen LogP contribution is -2.18. The maximum absolute atomic E-state index is 12.4. The van der Waals surface area contributed by atoms with Gasteiger partial charge in [-0.3, -0.25) is 0 Å². The molecule has 0 spiro atoms. The lowest BCUT2D eigenvalue weighted by Gasteiger charge is -2.05. The van der Waals surface area contributed by atoms with Gasteiger partial charge in [0.1, 0.15) is 0 Å². The van der Waals surface area contributed by atoms with Crippen LogP contribution in [0, 0.1) is 0 Å². The van der Waals surface area contributed by atoms with E-state index in [9.17, 15) is 13.2 Å². The molecule has 0 aliphatic rings. The summed E-state index contributed by atoms with van der Waals surface area (Å²) in [5.74, 6) is 0. The highest BCUT2D eigenvalue weighted by Crippen LogP contribution is 2.29. The lowest BCUT2D eigenvalue weighted by atomic mass is 10.3. The molecule has 2 aromatic rings. The largest absolute Gasteiger partial charge is 0.419 e. The predicted octanol–water partition coefficient (Wildman–Crippen LogP) is 2.55. The smallest absolute Gasteiger partial charge is 0.376 e. The molecule has 0 bridgehead atoms. The molecule has 0 fully saturated rings. The van der Waals surface area contributed by atoms with Crippen molar-refractivity contribution in [2.24, 2.45) is 5.73 Å². The molecule has 8 heteroatoms. The van der Waals surface area contributed by atoms with Crippen LogP contribution in [0.1, 0.15) is 5.56 Å². The Kier molecular flexibility index (Phi) is 3.43. The van der Waals surface area contributed by atoms with E-state index < -0.39 is 11.7 Å². The second-order valence-corrected chi connectivity index (χ2v) is 4.15. The highest BCUT2D eigenvalue weighted by Gasteiger charge is 2.32. The molecule has 0 unspecified atom stereocenters. The van der Waals surface area contributed by atoms with Gasteiger partial charge < -0.3 is 11.1 Å². The van der Waals surface area contributed by atoms with Crippen molar-refractivity contribution in [3.05, 3.63) is 42.2 Å². The van der Waals surface area contributed by atoms with E-state index in [1.807, 2.05) is 0 Å². The highest BCUT2D eigenvalue weighted by molar-refractivity contribution is 7.80. The van der Waals surface area contributed by atoms with E-state index in [-0.39, 0.29) is 5.11 Å². The zero-order valence-electron chi connectivity index (χ0n) is 9.48. The number of benzene rings is 1. The fourth-order valence-corrected chi connectivity index (χ4v) is 1.57. The molecule has 2 rings (SSSR count). The monoisotopic (exact) mass is 286 g/mol. The van der Waals surface area contributed by atoms with Gasteiger partial charge in [0.2, 0.25) is 0 Å². The SMILES string of the molecule is NC(=S)Nc1ccc(-n2cc(C(F)(F)F)cn2)cc1. The third kappa shape index (κ3) is 3.22. The molecular weight excluding hydrogens is 277 g/mol. The Labute approximate surface area is 112 Å². The predicted molar refractivity (Wildman–Crippen MR) is 69.0 cm³/mol. The van der Waals surface area contributed by atoms with Crippen molar-refractivity contribution in [2.45, 2.75) is 6.18 Å². The zero-order valence-corrected chi connectivity index (χ0v) is 10.3. The number of halogens is 3. The maximum Gasteiger partial charge on any atom is 0.419 e. The van der Waals surface area contributed by atoms with Crippen LogP contribution in [0.5, 0.6) is 0 Å². The van der Waals surface area contributed by atoms with Crippen molar-refractivity contribution in [3.63, 3.8) is 0 Å². The van der Waals surface area contributed by atoms with Gasteiger partial charge in [-0.25, -0.2) is 4.68 Å². The van der Waals surface area contributed by atoms with Crippen molar-refractivity contribution in [1.29, 1.82) is 0 Å². The van der Waals surface area contributed by atoms with E-state index in [4.69, 9.17) is 5.73 Å². The van der Waals surface area contributed by atoms with Crippen molar-refractivity contribution in [3.8, 4) is 5.69 Å². The molecule has 3 N–H and O–H groups in total. The van der Waals surface area contributed by atoms with Gasteiger partial charge in [-0.2, -0.15) is 18.3 Å². The average molecular weight is 286 g/mol. The van der Waals surface area contributed by atoms with E-state index in [0.29, 0.717) is 11.4 Å². The molecular formula is C11H9F3N4S. The molecule has 1 aromatic heterocycles. The number of nitrogens with zero attached hydrogens (tertiary/aromatic N) is 2. The van der Waals surface area contributed by atoms with Gasteiger partial charge in [0.25, 0.3) is 0 Å². The normalized spacial score (nSPS) is 11.3. The van der Waals surface area contributed by atoms with Crippen LogP contribution < -0.4 is 11.1 Å². The molecule has 0 saturated carbocycles. The molecule has 0 aliphatic heterocycles. The first-order valence-corrected chi connectivity index (χ1v) is 5.56. The third-order valence-corrected chi connectivity index (χ3v) is 2.41. The van der Waals surface area contributed by atoms with E-state index in [0.717, 1.165) is 17.1 Å². The third-order valence-electron chi connectivity index (χ3n) is 2.31. The van der Waals surface area contributed by atoms with Crippen molar-refractivity contribution < 1.29 is 13.2 Å². The average Bonchev–Trinajstić information content (AvgIpc) is 2.78. The molecule has 0 atom stereocenters. The van der Waals surface area contributed by atoms with E-state index in [1.165, 1.54) is 0 Å². The maximum atomic E-state index is 12.4. The minimum Gasteiger partial charge on any atom is -0.376 e. The Morgan fingerprint density at radius 2 is 1.89 bits per heavy atom. The number of thiocarbonyl (C=S) groups is 1. The molecule has 0 saturated heterocycles. The topological polar surface area (TPSA) is 55.9 Å². The second-order valence-electron chi connectivity index (χ2n) is 3.71. The van der Waals surface area contributed by atoms with Crippen LogP contribution in [0.4, 0.5) is 18.9 Å². The van der Waals surface area contributed by atoms with Crippen LogP contribution in [0.2, 0.25) is 0 Å². The molecule has 0 amide bonds. The number of nitrogens with one attached hydrogen (secondary N) is 1. The fraction of sp³-hybridized carbons (Fsp3) is 0.0909. The summed E-state index contributed by atoms with van der Waals surface area (Å²) >= 11 is 4.67. The summed E-state index contributed by atoms with van der Waals surface area (Å²) in [6.07, 6.45) is -2.69. The standard InChI is InChI=1S/C11H9F3N4S/c12-11(13,14)7-5-16-18(6-7)9-3-1-8(2-4-9)17-10(15)19/h1-6H,(H3,15,17,19). The summed E-state index contributed by atoms with van der Waals surface area (Å²) in [5.41, 5.74) is 5.66. The Bertz CT molecular complexity index is 589. The minimum atomic E-state index is -4.40. The first-order chi connectivity index (χ1) is 8.86. The van der Waals surface area contributed by atoms with Crippen LogP contribution in [0.15, 0.2) is 36.7 Å². The number of hydrogen-bond acceptors (Lipinski definition) is 2. The molecule has 1 heterocycles. The van der Waals surface area contributed by atoms with Crippen molar-refractivity contribution >= 4 is 23.0 Å². The summed E-state index contributed by atoms with van der Waals surface area (Å²) in [6, 6.07) is 6.49. The number of hydrogen-bond donors (Lipinski definition) is 2. The van der Waals surface area contributed by atoms with Crippen LogP contribution >= 0.6 is 12.2 Å². The van der Waals surface area contributed by atoms with Gasteiger partial charge >= 0.3 is 6.18 Å². The number of aromatic nitrogens is 2. The van der Waals surface area contributed by atoms with Gasteiger partial charge in [-0.15, -0.1) is 0 Å². The number of anilines is 1. The first kappa shape index (κ1) is 13.3.